The Balaban J connectivity index is 2.58. The number of nitrogens with one attached hydrogen (secondary N) is 2. The summed E-state index contributed by atoms with van der Waals surface area (Å²) >= 11 is 0. The standard InChI is InChI=1S/C16H27N3O2/c1-5-18-16(20)12-19(3)15-7-6-14(13(2)10-15)11-17-8-9-21-4/h6-7,10,17H,5,8-9,11-12H2,1-4H3,(H,18,20). The molecule has 0 bridgehead atoms. The minimum atomic E-state index is 0.0444. The van der Waals surface area contributed by atoms with Crippen molar-refractivity contribution in [3.8, 4) is 0 Å². The Morgan fingerprint density at radius 3 is 2.76 bits per heavy atom. The zero-order chi connectivity index (χ0) is 15.7. The molecule has 0 saturated carbocycles. The molecule has 2 N–H and O–H groups in total. The molecule has 0 aliphatic rings. The molecule has 0 aliphatic heterocycles. The van der Waals surface area contributed by atoms with E-state index in [0.29, 0.717) is 19.7 Å². The highest BCUT2D eigenvalue weighted by molar-refractivity contribution is 5.81. The second kappa shape index (κ2) is 9.37. The number of likely N-dealkylation sites (N-methyl/N-ethyl adjacent to an activating group) is 2. The van der Waals surface area contributed by atoms with Gasteiger partial charge in [0.05, 0.1) is 13.2 Å². The van der Waals surface area contributed by atoms with Gasteiger partial charge in [0.1, 0.15) is 0 Å². The highest BCUT2D eigenvalue weighted by Crippen LogP contribution is 2.18. The van der Waals surface area contributed by atoms with E-state index in [9.17, 15) is 4.79 Å². The van der Waals surface area contributed by atoms with Crippen LogP contribution >= 0.6 is 0 Å². The summed E-state index contributed by atoms with van der Waals surface area (Å²) in [5.41, 5.74) is 3.54. The molecule has 0 aromatic heterocycles. The molecule has 21 heavy (non-hydrogen) atoms. The topological polar surface area (TPSA) is 53.6 Å². The summed E-state index contributed by atoms with van der Waals surface area (Å²) in [4.78, 5) is 13.6. The summed E-state index contributed by atoms with van der Waals surface area (Å²) in [6.07, 6.45) is 0. The van der Waals surface area contributed by atoms with Crippen molar-refractivity contribution >= 4 is 11.6 Å². The first-order chi connectivity index (χ1) is 10.1. The summed E-state index contributed by atoms with van der Waals surface area (Å²) in [7, 11) is 3.63. The van der Waals surface area contributed by atoms with Crippen LogP contribution in [-0.4, -0.2) is 46.3 Å². The second-order valence-corrected chi connectivity index (χ2v) is 5.09. The van der Waals surface area contributed by atoms with Crippen molar-refractivity contribution in [2.75, 3.05) is 45.3 Å². The third-order valence-electron chi connectivity index (χ3n) is 3.32. The molecule has 118 valence electrons. The van der Waals surface area contributed by atoms with Crippen LogP contribution in [0.15, 0.2) is 18.2 Å². The number of hydrogen-bond acceptors (Lipinski definition) is 4. The van der Waals surface area contributed by atoms with Crippen LogP contribution in [0.5, 0.6) is 0 Å². The Labute approximate surface area is 127 Å². The molecule has 1 rings (SSSR count). The molecule has 1 aromatic rings. The maximum absolute atomic E-state index is 11.6. The Hall–Kier alpha value is -1.59. The third-order valence-corrected chi connectivity index (χ3v) is 3.32. The van der Waals surface area contributed by atoms with E-state index in [1.54, 1.807) is 7.11 Å². The molecule has 0 saturated heterocycles. The molecule has 0 aliphatic carbocycles. The minimum absolute atomic E-state index is 0.0444. The van der Waals surface area contributed by atoms with E-state index in [-0.39, 0.29) is 5.91 Å². The number of carbonyl (C=O) groups excluding carboxylic acids is 1. The average molecular weight is 293 g/mol. The lowest BCUT2D eigenvalue weighted by atomic mass is 10.1. The number of ether oxygens (including phenoxy) is 1. The predicted octanol–water partition coefficient (Wildman–Crippen LogP) is 1.30. The number of carbonyl (C=O) groups is 1. The van der Waals surface area contributed by atoms with Gasteiger partial charge in [0.15, 0.2) is 0 Å². The van der Waals surface area contributed by atoms with Crippen LogP contribution in [0, 0.1) is 6.92 Å². The zero-order valence-corrected chi connectivity index (χ0v) is 13.5. The summed E-state index contributed by atoms with van der Waals surface area (Å²) in [5.74, 6) is 0.0444. The number of aryl methyl sites for hydroxylation is 1. The summed E-state index contributed by atoms with van der Waals surface area (Å²) < 4.78 is 5.01. The van der Waals surface area contributed by atoms with Crippen LogP contribution in [0.2, 0.25) is 0 Å². The lowest BCUT2D eigenvalue weighted by Gasteiger charge is -2.20. The monoisotopic (exact) mass is 293 g/mol. The van der Waals surface area contributed by atoms with Gasteiger partial charge in [-0.2, -0.15) is 0 Å². The number of methoxy groups -OCH3 is 1. The second-order valence-electron chi connectivity index (χ2n) is 5.09. The van der Waals surface area contributed by atoms with Gasteiger partial charge in [-0.25, -0.2) is 0 Å². The number of amides is 1. The van der Waals surface area contributed by atoms with Crippen molar-refractivity contribution in [1.29, 1.82) is 0 Å². The first kappa shape index (κ1) is 17.5. The fourth-order valence-electron chi connectivity index (χ4n) is 2.07. The maximum atomic E-state index is 11.6. The summed E-state index contributed by atoms with van der Waals surface area (Å²) in [6, 6.07) is 6.28. The van der Waals surface area contributed by atoms with Gasteiger partial charge in [0.2, 0.25) is 5.91 Å². The lowest BCUT2D eigenvalue weighted by molar-refractivity contribution is -0.119. The first-order valence-electron chi connectivity index (χ1n) is 7.35. The molecule has 0 fully saturated rings. The summed E-state index contributed by atoms with van der Waals surface area (Å²) in [5, 5.41) is 6.15. The molecule has 0 unspecified atom stereocenters. The third kappa shape index (κ3) is 6.14. The quantitative estimate of drug-likeness (QED) is 0.674. The molecule has 0 spiro atoms. The zero-order valence-electron chi connectivity index (χ0n) is 13.5. The van der Waals surface area contributed by atoms with E-state index in [4.69, 9.17) is 4.74 Å². The number of anilines is 1. The van der Waals surface area contributed by atoms with E-state index in [1.807, 2.05) is 18.9 Å². The van der Waals surface area contributed by atoms with Gasteiger partial charge in [0.25, 0.3) is 0 Å². The summed E-state index contributed by atoms with van der Waals surface area (Å²) in [6.45, 7) is 7.44. The van der Waals surface area contributed by atoms with Gasteiger partial charge in [-0.05, 0) is 37.1 Å². The van der Waals surface area contributed by atoms with Gasteiger partial charge in [0, 0.05) is 39.5 Å². The van der Waals surface area contributed by atoms with Crippen LogP contribution in [0.25, 0.3) is 0 Å². The normalized spacial score (nSPS) is 10.5. The van der Waals surface area contributed by atoms with Gasteiger partial charge >= 0.3 is 0 Å². The van der Waals surface area contributed by atoms with Gasteiger partial charge < -0.3 is 20.3 Å². The fourth-order valence-corrected chi connectivity index (χ4v) is 2.07. The highest BCUT2D eigenvalue weighted by atomic mass is 16.5. The lowest BCUT2D eigenvalue weighted by Crippen LogP contribution is -2.35. The minimum Gasteiger partial charge on any atom is -0.383 e. The van der Waals surface area contributed by atoms with Crippen molar-refractivity contribution < 1.29 is 9.53 Å². The van der Waals surface area contributed by atoms with E-state index in [1.165, 1.54) is 11.1 Å². The SMILES string of the molecule is CCNC(=O)CN(C)c1ccc(CNCCOC)c(C)c1. The van der Waals surface area contributed by atoms with E-state index in [0.717, 1.165) is 18.8 Å². The van der Waals surface area contributed by atoms with Crippen molar-refractivity contribution in [3.63, 3.8) is 0 Å². The van der Waals surface area contributed by atoms with Crippen LogP contribution in [-0.2, 0) is 16.1 Å². The number of benzene rings is 1. The molecule has 0 atom stereocenters. The largest absolute Gasteiger partial charge is 0.383 e. The Morgan fingerprint density at radius 2 is 2.14 bits per heavy atom. The molecule has 5 heteroatoms. The molecule has 1 amide bonds. The Kier molecular flexibility index (Phi) is 7.79. The Bertz CT molecular complexity index is 449. The number of nitrogens with zero attached hydrogens (tertiary/aromatic N) is 1. The van der Waals surface area contributed by atoms with Gasteiger partial charge in [-0.1, -0.05) is 6.07 Å². The predicted molar refractivity (Wildman–Crippen MR) is 86.7 cm³/mol. The molecular formula is C16H27N3O2. The molecular weight excluding hydrogens is 266 g/mol. The van der Waals surface area contributed by atoms with Crippen molar-refractivity contribution in [2.45, 2.75) is 20.4 Å². The molecule has 0 radical (unpaired) electrons. The molecule has 1 aromatic carbocycles. The van der Waals surface area contributed by atoms with E-state index >= 15 is 0 Å². The maximum Gasteiger partial charge on any atom is 0.239 e. The van der Waals surface area contributed by atoms with Crippen LogP contribution in [0.4, 0.5) is 5.69 Å². The molecule has 5 nitrogen and oxygen atoms in total. The Morgan fingerprint density at radius 1 is 1.38 bits per heavy atom. The molecule has 0 heterocycles. The van der Waals surface area contributed by atoms with Crippen molar-refractivity contribution in [3.05, 3.63) is 29.3 Å². The van der Waals surface area contributed by atoms with E-state index in [2.05, 4.69) is 35.8 Å². The van der Waals surface area contributed by atoms with Crippen molar-refractivity contribution in [2.24, 2.45) is 0 Å². The van der Waals surface area contributed by atoms with Gasteiger partial charge in [-0.3, -0.25) is 4.79 Å². The van der Waals surface area contributed by atoms with E-state index < -0.39 is 0 Å². The van der Waals surface area contributed by atoms with Crippen LogP contribution < -0.4 is 15.5 Å². The highest BCUT2D eigenvalue weighted by Gasteiger charge is 2.08. The number of hydrogen-bond donors (Lipinski definition) is 2. The van der Waals surface area contributed by atoms with Crippen molar-refractivity contribution in [1.82, 2.24) is 10.6 Å². The average Bonchev–Trinajstić information content (AvgIpc) is 2.45. The number of rotatable bonds is 9. The fraction of sp³-hybridized carbons (Fsp3) is 0.562. The van der Waals surface area contributed by atoms with Crippen LogP contribution in [0.1, 0.15) is 18.1 Å². The van der Waals surface area contributed by atoms with Crippen LogP contribution in [0.3, 0.4) is 0 Å². The first-order valence-corrected chi connectivity index (χ1v) is 7.35. The van der Waals surface area contributed by atoms with Gasteiger partial charge in [-0.15, -0.1) is 0 Å². The smallest absolute Gasteiger partial charge is 0.239 e.